The molecular weight excluding hydrogens is 348 g/mol. The summed E-state index contributed by atoms with van der Waals surface area (Å²) in [5, 5.41) is 9.20. The predicted molar refractivity (Wildman–Crippen MR) is 103 cm³/mol. The van der Waals surface area contributed by atoms with Crippen LogP contribution in [0.2, 0.25) is 0 Å². The van der Waals surface area contributed by atoms with Crippen molar-refractivity contribution in [3.05, 3.63) is 52.4 Å². The van der Waals surface area contributed by atoms with Crippen molar-refractivity contribution in [2.75, 3.05) is 18.4 Å². The standard InChI is InChI=1S/C19H20N4O2S/c20-19(25)23-18-16(17(24)22-14-7-4-10-21-12-14)11-15(26-18)9-8-13-5-2-1-3-6-13/h1-3,5-6,11,14,21H,4,7,10,12H2,(H,22,24)(H3,20,23,25)/t14-/m0/s1. The Morgan fingerprint density at radius 2 is 2.04 bits per heavy atom. The number of hydrogen-bond acceptors (Lipinski definition) is 4. The van der Waals surface area contributed by atoms with Crippen LogP contribution >= 0.6 is 11.3 Å². The lowest BCUT2D eigenvalue weighted by molar-refractivity contribution is 0.0932. The Morgan fingerprint density at radius 1 is 1.23 bits per heavy atom. The minimum Gasteiger partial charge on any atom is -0.351 e. The Balaban J connectivity index is 1.81. The topological polar surface area (TPSA) is 96.2 Å². The van der Waals surface area contributed by atoms with Crippen molar-refractivity contribution in [3.8, 4) is 11.8 Å². The predicted octanol–water partition coefficient (Wildman–Crippen LogP) is 2.12. The summed E-state index contributed by atoms with van der Waals surface area (Å²) < 4.78 is 0. The molecular formula is C19H20N4O2S. The number of urea groups is 1. The maximum atomic E-state index is 12.6. The Bertz CT molecular complexity index is 845. The number of hydrogen-bond donors (Lipinski definition) is 4. The van der Waals surface area contributed by atoms with Gasteiger partial charge in [0.05, 0.1) is 10.4 Å². The molecule has 2 heterocycles. The third-order valence-electron chi connectivity index (χ3n) is 3.95. The van der Waals surface area contributed by atoms with Crippen LogP contribution in [-0.4, -0.2) is 31.1 Å². The van der Waals surface area contributed by atoms with Crippen LogP contribution in [-0.2, 0) is 0 Å². The highest BCUT2D eigenvalue weighted by molar-refractivity contribution is 7.17. The summed E-state index contributed by atoms with van der Waals surface area (Å²) in [6, 6.07) is 10.6. The van der Waals surface area contributed by atoms with Gasteiger partial charge in [0, 0.05) is 18.2 Å². The average Bonchev–Trinajstić information content (AvgIpc) is 3.04. The first-order chi connectivity index (χ1) is 12.6. The molecule has 0 aliphatic carbocycles. The first-order valence-electron chi connectivity index (χ1n) is 8.41. The molecule has 1 aliphatic rings. The monoisotopic (exact) mass is 368 g/mol. The van der Waals surface area contributed by atoms with E-state index in [2.05, 4.69) is 27.8 Å². The lowest BCUT2D eigenvalue weighted by Crippen LogP contribution is -2.45. The van der Waals surface area contributed by atoms with Crippen LogP contribution < -0.4 is 21.7 Å². The number of primary amides is 1. The van der Waals surface area contributed by atoms with E-state index in [1.807, 2.05) is 30.3 Å². The Hall–Kier alpha value is -2.82. The van der Waals surface area contributed by atoms with Gasteiger partial charge in [-0.1, -0.05) is 30.0 Å². The molecule has 1 aliphatic heterocycles. The van der Waals surface area contributed by atoms with E-state index in [1.54, 1.807) is 6.07 Å². The molecule has 5 N–H and O–H groups in total. The quantitative estimate of drug-likeness (QED) is 0.625. The van der Waals surface area contributed by atoms with Gasteiger partial charge < -0.3 is 16.4 Å². The SMILES string of the molecule is NC(=O)Nc1sc(C#Cc2ccccc2)cc1C(=O)N[C@H]1CCCNC1. The molecule has 3 amide bonds. The van der Waals surface area contributed by atoms with Crippen LogP contribution in [0.3, 0.4) is 0 Å². The van der Waals surface area contributed by atoms with E-state index in [4.69, 9.17) is 5.73 Å². The molecule has 1 atom stereocenters. The van der Waals surface area contributed by atoms with Crippen LogP contribution in [0.15, 0.2) is 36.4 Å². The maximum absolute atomic E-state index is 12.6. The second kappa shape index (κ2) is 8.52. The molecule has 1 aromatic carbocycles. The fourth-order valence-electron chi connectivity index (χ4n) is 2.72. The molecule has 26 heavy (non-hydrogen) atoms. The smallest absolute Gasteiger partial charge is 0.317 e. The van der Waals surface area contributed by atoms with E-state index in [9.17, 15) is 9.59 Å². The van der Waals surface area contributed by atoms with Gasteiger partial charge in [0.25, 0.3) is 5.91 Å². The molecule has 1 fully saturated rings. The van der Waals surface area contributed by atoms with Crippen LogP contribution in [0.4, 0.5) is 9.80 Å². The van der Waals surface area contributed by atoms with Crippen molar-refractivity contribution >= 4 is 28.3 Å². The van der Waals surface area contributed by atoms with Gasteiger partial charge in [-0.15, -0.1) is 11.3 Å². The first kappa shape index (κ1) is 18.0. The van der Waals surface area contributed by atoms with E-state index < -0.39 is 6.03 Å². The fourth-order valence-corrected chi connectivity index (χ4v) is 3.63. The van der Waals surface area contributed by atoms with Crippen LogP contribution in [0.1, 0.15) is 33.6 Å². The van der Waals surface area contributed by atoms with Gasteiger partial charge in [-0.25, -0.2) is 4.79 Å². The number of rotatable bonds is 3. The van der Waals surface area contributed by atoms with Crippen molar-refractivity contribution < 1.29 is 9.59 Å². The molecule has 134 valence electrons. The molecule has 7 heteroatoms. The minimum atomic E-state index is -0.706. The second-order valence-electron chi connectivity index (χ2n) is 5.98. The Kier molecular flexibility index (Phi) is 5.89. The summed E-state index contributed by atoms with van der Waals surface area (Å²) in [5.41, 5.74) is 6.50. The normalized spacial score (nSPS) is 16.2. The van der Waals surface area contributed by atoms with E-state index in [1.165, 1.54) is 11.3 Å². The summed E-state index contributed by atoms with van der Waals surface area (Å²) in [6.07, 6.45) is 1.96. The van der Waals surface area contributed by atoms with Crippen LogP contribution in [0.5, 0.6) is 0 Å². The van der Waals surface area contributed by atoms with E-state index in [0.29, 0.717) is 15.4 Å². The zero-order valence-corrected chi connectivity index (χ0v) is 15.0. The summed E-state index contributed by atoms with van der Waals surface area (Å²) in [4.78, 5) is 24.6. The van der Waals surface area contributed by atoms with Crippen molar-refractivity contribution in [1.29, 1.82) is 0 Å². The largest absolute Gasteiger partial charge is 0.351 e. The molecule has 3 rings (SSSR count). The summed E-state index contributed by atoms with van der Waals surface area (Å²) in [6.45, 7) is 1.72. The van der Waals surface area contributed by atoms with E-state index in [0.717, 1.165) is 31.5 Å². The number of nitrogens with two attached hydrogens (primary N) is 1. The molecule has 0 unspecified atom stereocenters. The molecule has 6 nitrogen and oxygen atoms in total. The molecule has 1 aromatic heterocycles. The number of carbonyl (C=O) groups excluding carboxylic acids is 2. The number of thiophene rings is 1. The van der Waals surface area contributed by atoms with Gasteiger partial charge in [0.15, 0.2) is 0 Å². The van der Waals surface area contributed by atoms with Crippen molar-refractivity contribution in [2.24, 2.45) is 5.73 Å². The molecule has 0 spiro atoms. The first-order valence-corrected chi connectivity index (χ1v) is 9.22. The third kappa shape index (κ3) is 4.85. The Morgan fingerprint density at radius 3 is 2.73 bits per heavy atom. The van der Waals surface area contributed by atoms with Gasteiger partial charge in [0.2, 0.25) is 0 Å². The zero-order chi connectivity index (χ0) is 18.4. The molecule has 1 saturated heterocycles. The van der Waals surface area contributed by atoms with Crippen LogP contribution in [0, 0.1) is 11.8 Å². The average molecular weight is 368 g/mol. The third-order valence-corrected chi connectivity index (χ3v) is 4.92. The molecule has 0 bridgehead atoms. The summed E-state index contributed by atoms with van der Waals surface area (Å²) >= 11 is 1.24. The van der Waals surface area contributed by atoms with Gasteiger partial charge in [0.1, 0.15) is 5.00 Å². The zero-order valence-electron chi connectivity index (χ0n) is 14.2. The number of carbonyl (C=O) groups is 2. The van der Waals surface area contributed by atoms with Gasteiger partial charge in [-0.05, 0) is 37.6 Å². The summed E-state index contributed by atoms with van der Waals surface area (Å²) in [7, 11) is 0. The van der Waals surface area contributed by atoms with Crippen LogP contribution in [0.25, 0.3) is 0 Å². The maximum Gasteiger partial charge on any atom is 0.317 e. The van der Waals surface area contributed by atoms with E-state index in [-0.39, 0.29) is 11.9 Å². The molecule has 0 radical (unpaired) electrons. The van der Waals surface area contributed by atoms with Crippen molar-refractivity contribution in [1.82, 2.24) is 10.6 Å². The fraction of sp³-hybridized carbons (Fsp3) is 0.263. The minimum absolute atomic E-state index is 0.0800. The number of anilines is 1. The number of piperidine rings is 1. The lowest BCUT2D eigenvalue weighted by Gasteiger charge is -2.23. The Labute approximate surface area is 156 Å². The highest BCUT2D eigenvalue weighted by Gasteiger charge is 2.21. The molecule has 0 saturated carbocycles. The van der Waals surface area contributed by atoms with Gasteiger partial charge >= 0.3 is 6.03 Å². The highest BCUT2D eigenvalue weighted by Crippen LogP contribution is 2.28. The number of nitrogens with one attached hydrogen (secondary N) is 3. The van der Waals surface area contributed by atoms with E-state index >= 15 is 0 Å². The summed E-state index contributed by atoms with van der Waals surface area (Å²) in [5.74, 6) is 5.86. The second-order valence-corrected chi connectivity index (χ2v) is 7.03. The van der Waals surface area contributed by atoms with Crippen molar-refractivity contribution in [3.63, 3.8) is 0 Å². The number of amides is 3. The van der Waals surface area contributed by atoms with Gasteiger partial charge in [-0.3, -0.25) is 10.1 Å². The number of benzene rings is 1. The lowest BCUT2D eigenvalue weighted by atomic mass is 10.1. The molecule has 2 aromatic rings. The van der Waals surface area contributed by atoms with Crippen molar-refractivity contribution in [2.45, 2.75) is 18.9 Å². The van der Waals surface area contributed by atoms with Gasteiger partial charge in [-0.2, -0.15) is 0 Å². The highest BCUT2D eigenvalue weighted by atomic mass is 32.1.